The van der Waals surface area contributed by atoms with Crippen LogP contribution in [0.1, 0.15) is 78.1 Å². The second kappa shape index (κ2) is 9.60. The summed E-state index contributed by atoms with van der Waals surface area (Å²) in [6.07, 6.45) is 3.50. The van der Waals surface area contributed by atoms with Crippen molar-refractivity contribution in [2.45, 2.75) is 46.5 Å². The summed E-state index contributed by atoms with van der Waals surface area (Å²) >= 11 is 0. The van der Waals surface area contributed by atoms with Crippen molar-refractivity contribution in [2.75, 3.05) is 13.1 Å². The number of amides is 2. The van der Waals surface area contributed by atoms with Gasteiger partial charge in [-0.3, -0.25) is 14.4 Å². The lowest BCUT2D eigenvalue weighted by Crippen LogP contribution is -2.32. The van der Waals surface area contributed by atoms with Crippen LogP contribution in [0.5, 0.6) is 0 Å². The molecular weight excluding hydrogens is 298 g/mol. The van der Waals surface area contributed by atoms with Gasteiger partial charge < -0.3 is 10.6 Å². The van der Waals surface area contributed by atoms with Crippen molar-refractivity contribution in [2.24, 2.45) is 0 Å². The molecule has 1 heterocycles. The van der Waals surface area contributed by atoms with Crippen LogP contribution < -0.4 is 10.6 Å². The van der Waals surface area contributed by atoms with Crippen molar-refractivity contribution < 1.29 is 14.4 Å². The maximum absolute atomic E-state index is 12.2. The first kappa shape index (κ1) is 18.7. The molecule has 2 amide bonds. The van der Waals surface area contributed by atoms with Crippen LogP contribution in [0, 0.1) is 0 Å². The number of aromatic nitrogens is 3. The highest BCUT2D eigenvalue weighted by Crippen LogP contribution is 2.04. The number of unbranched alkanes of at least 4 members (excludes halogenated alkanes) is 2. The second-order valence-corrected chi connectivity index (χ2v) is 5.11. The van der Waals surface area contributed by atoms with Gasteiger partial charge in [0.15, 0.2) is 17.2 Å². The summed E-state index contributed by atoms with van der Waals surface area (Å²) < 4.78 is 0. The second-order valence-electron chi connectivity index (χ2n) is 5.11. The van der Waals surface area contributed by atoms with Crippen LogP contribution in [-0.4, -0.2) is 45.9 Å². The minimum absolute atomic E-state index is 0.135. The van der Waals surface area contributed by atoms with Gasteiger partial charge in [0.2, 0.25) is 5.82 Å². The quantitative estimate of drug-likeness (QED) is 0.520. The van der Waals surface area contributed by atoms with Gasteiger partial charge in [-0.25, -0.2) is 4.98 Å². The fourth-order valence-corrected chi connectivity index (χ4v) is 1.74. The van der Waals surface area contributed by atoms with Crippen molar-refractivity contribution in [3.63, 3.8) is 0 Å². The molecule has 8 heteroatoms. The summed E-state index contributed by atoms with van der Waals surface area (Å²) in [5.41, 5.74) is -0.298. The van der Waals surface area contributed by atoms with E-state index in [1.165, 1.54) is 6.92 Å². The molecule has 0 saturated heterocycles. The predicted molar refractivity (Wildman–Crippen MR) is 84.3 cm³/mol. The Hall–Kier alpha value is -2.38. The van der Waals surface area contributed by atoms with Gasteiger partial charge in [-0.2, -0.15) is 0 Å². The highest BCUT2D eigenvalue weighted by atomic mass is 16.2. The molecule has 0 atom stereocenters. The Labute approximate surface area is 135 Å². The molecule has 0 bridgehead atoms. The van der Waals surface area contributed by atoms with Crippen LogP contribution in [0.4, 0.5) is 0 Å². The Balaban J connectivity index is 2.96. The predicted octanol–water partition coefficient (Wildman–Crippen LogP) is 1.13. The molecule has 23 heavy (non-hydrogen) atoms. The maximum Gasteiger partial charge on any atom is 0.291 e. The molecule has 8 nitrogen and oxygen atoms in total. The molecule has 0 unspecified atom stereocenters. The van der Waals surface area contributed by atoms with E-state index in [1.54, 1.807) is 0 Å². The molecule has 0 aliphatic carbocycles. The van der Waals surface area contributed by atoms with E-state index in [-0.39, 0.29) is 17.2 Å². The number of carbonyl (C=O) groups excluding carboxylic acids is 3. The molecule has 126 valence electrons. The lowest BCUT2D eigenvalue weighted by atomic mass is 10.2. The Bertz CT molecular complexity index is 574. The van der Waals surface area contributed by atoms with E-state index >= 15 is 0 Å². The van der Waals surface area contributed by atoms with Gasteiger partial charge in [-0.15, -0.1) is 10.2 Å². The molecule has 0 fully saturated rings. The standard InChI is InChI=1S/C15H23N5O3/c1-4-6-8-16-14(22)12-11(10(3)21)19-20-13(18-12)15(23)17-9-7-5-2/h4-9H2,1-3H3,(H,16,22)(H,17,23). The molecule has 0 radical (unpaired) electrons. The molecule has 1 rings (SSSR count). The number of nitrogens with one attached hydrogen (secondary N) is 2. The van der Waals surface area contributed by atoms with E-state index in [1.807, 2.05) is 13.8 Å². The van der Waals surface area contributed by atoms with Crippen molar-refractivity contribution >= 4 is 17.6 Å². The highest BCUT2D eigenvalue weighted by Gasteiger charge is 2.22. The summed E-state index contributed by atoms with van der Waals surface area (Å²) in [7, 11) is 0. The number of rotatable bonds is 9. The van der Waals surface area contributed by atoms with Crippen LogP contribution in [0.15, 0.2) is 0 Å². The smallest absolute Gasteiger partial charge is 0.291 e. The Morgan fingerprint density at radius 3 is 1.96 bits per heavy atom. The van der Waals surface area contributed by atoms with Gasteiger partial charge in [0.1, 0.15) is 0 Å². The number of hydrogen-bond donors (Lipinski definition) is 2. The molecule has 0 saturated carbocycles. The van der Waals surface area contributed by atoms with Crippen molar-refractivity contribution in [1.82, 2.24) is 25.8 Å². The summed E-state index contributed by atoms with van der Waals surface area (Å²) in [5, 5.41) is 12.6. The van der Waals surface area contributed by atoms with Crippen LogP contribution in [0.3, 0.4) is 0 Å². The molecule has 1 aromatic rings. The Kier molecular flexibility index (Phi) is 7.79. The largest absolute Gasteiger partial charge is 0.351 e. The zero-order valence-corrected chi connectivity index (χ0v) is 13.8. The first-order chi connectivity index (χ1) is 11.0. The molecule has 1 aromatic heterocycles. The van der Waals surface area contributed by atoms with Crippen molar-refractivity contribution in [1.29, 1.82) is 0 Å². The summed E-state index contributed by atoms with van der Waals surface area (Å²) in [4.78, 5) is 39.6. The summed E-state index contributed by atoms with van der Waals surface area (Å²) in [6.45, 7) is 6.23. The van der Waals surface area contributed by atoms with Crippen LogP contribution >= 0.6 is 0 Å². The molecular formula is C15H23N5O3. The van der Waals surface area contributed by atoms with Crippen LogP contribution in [-0.2, 0) is 0 Å². The average molecular weight is 321 g/mol. The normalized spacial score (nSPS) is 10.2. The SMILES string of the molecule is CCCCNC(=O)c1nnc(C(C)=O)c(C(=O)NCCCC)n1. The zero-order valence-electron chi connectivity index (χ0n) is 13.8. The number of ketones is 1. The van der Waals surface area contributed by atoms with E-state index in [4.69, 9.17) is 0 Å². The third-order valence-corrected chi connectivity index (χ3v) is 3.07. The molecule has 2 N–H and O–H groups in total. The third kappa shape index (κ3) is 5.72. The van der Waals surface area contributed by atoms with Gasteiger partial charge in [-0.05, 0) is 12.8 Å². The maximum atomic E-state index is 12.2. The third-order valence-electron chi connectivity index (χ3n) is 3.07. The lowest BCUT2D eigenvalue weighted by Gasteiger charge is -2.08. The number of carbonyl (C=O) groups is 3. The monoisotopic (exact) mass is 321 g/mol. The fourth-order valence-electron chi connectivity index (χ4n) is 1.74. The van der Waals surface area contributed by atoms with Crippen LogP contribution in [0.25, 0.3) is 0 Å². The van der Waals surface area contributed by atoms with Crippen LogP contribution in [0.2, 0.25) is 0 Å². The van der Waals surface area contributed by atoms with Gasteiger partial charge in [-0.1, -0.05) is 26.7 Å². The average Bonchev–Trinajstić information content (AvgIpc) is 2.54. The number of nitrogens with zero attached hydrogens (tertiary/aromatic N) is 3. The van der Waals surface area contributed by atoms with Crippen molar-refractivity contribution in [3.05, 3.63) is 17.2 Å². The Morgan fingerprint density at radius 2 is 1.43 bits per heavy atom. The first-order valence-corrected chi connectivity index (χ1v) is 7.83. The molecule has 0 aromatic carbocycles. The molecule has 0 aliphatic rings. The minimum atomic E-state index is -0.527. The van der Waals surface area contributed by atoms with E-state index in [0.29, 0.717) is 13.1 Å². The summed E-state index contributed by atoms with van der Waals surface area (Å²) in [5.74, 6) is -1.68. The molecule has 0 aliphatic heterocycles. The number of hydrogen-bond acceptors (Lipinski definition) is 6. The van der Waals surface area contributed by atoms with Gasteiger partial charge in [0, 0.05) is 20.0 Å². The lowest BCUT2D eigenvalue weighted by molar-refractivity contribution is 0.0921. The van der Waals surface area contributed by atoms with Gasteiger partial charge in [0.25, 0.3) is 11.8 Å². The summed E-state index contributed by atoms with van der Waals surface area (Å²) in [6, 6.07) is 0. The van der Waals surface area contributed by atoms with Gasteiger partial charge in [0.05, 0.1) is 0 Å². The zero-order chi connectivity index (χ0) is 17.2. The first-order valence-electron chi connectivity index (χ1n) is 7.83. The Morgan fingerprint density at radius 1 is 0.870 bits per heavy atom. The van der Waals surface area contributed by atoms with E-state index < -0.39 is 17.6 Å². The van der Waals surface area contributed by atoms with E-state index in [0.717, 1.165) is 25.7 Å². The minimum Gasteiger partial charge on any atom is -0.351 e. The highest BCUT2D eigenvalue weighted by molar-refractivity contribution is 6.05. The number of Topliss-reactive ketones (excluding diaryl/α,β-unsaturated/α-hetero) is 1. The fraction of sp³-hybridized carbons (Fsp3) is 0.600. The van der Waals surface area contributed by atoms with Gasteiger partial charge >= 0.3 is 0 Å². The van der Waals surface area contributed by atoms with Crippen molar-refractivity contribution in [3.8, 4) is 0 Å². The van der Waals surface area contributed by atoms with E-state index in [2.05, 4.69) is 25.8 Å². The van der Waals surface area contributed by atoms with E-state index in [9.17, 15) is 14.4 Å². The topological polar surface area (TPSA) is 114 Å². The molecule has 0 spiro atoms.